The molecule has 1 aliphatic carbocycles. The third kappa shape index (κ3) is 2.63. The second kappa shape index (κ2) is 6.46. The van der Waals surface area contributed by atoms with E-state index < -0.39 is 5.41 Å². The van der Waals surface area contributed by atoms with E-state index in [1.54, 1.807) is 0 Å². The molecule has 0 aromatic heterocycles. The van der Waals surface area contributed by atoms with Crippen molar-refractivity contribution < 1.29 is 10.0 Å². The molecule has 0 aromatic carbocycles. The average Bonchev–Trinajstić information content (AvgIpc) is 2.85. The molecule has 1 amide bonds. The molecule has 0 bridgehead atoms. The van der Waals surface area contributed by atoms with Crippen LogP contribution in [0.5, 0.6) is 0 Å². The predicted molar refractivity (Wildman–Crippen MR) is 78.6 cm³/mol. The van der Waals surface area contributed by atoms with Crippen LogP contribution >= 0.6 is 0 Å². The van der Waals surface area contributed by atoms with Gasteiger partial charge in [0.2, 0.25) is 5.91 Å². The second-order valence-electron chi connectivity index (χ2n) is 6.18. The van der Waals surface area contributed by atoms with E-state index in [4.69, 9.17) is 10.9 Å². The summed E-state index contributed by atoms with van der Waals surface area (Å²) in [6.45, 7) is 2.96. The minimum absolute atomic E-state index is 0.0963. The molecule has 5 heteroatoms. The van der Waals surface area contributed by atoms with Crippen molar-refractivity contribution >= 4 is 11.7 Å². The Balaban J connectivity index is 2.26. The van der Waals surface area contributed by atoms with E-state index in [1.807, 2.05) is 4.90 Å². The lowest BCUT2D eigenvalue weighted by atomic mass is 9.82. The number of amidine groups is 1. The number of nitrogens with zero attached hydrogens (tertiary/aromatic N) is 2. The Labute approximate surface area is 121 Å². The molecule has 1 saturated carbocycles. The summed E-state index contributed by atoms with van der Waals surface area (Å²) >= 11 is 0. The molecule has 2 fully saturated rings. The fourth-order valence-electron chi connectivity index (χ4n) is 3.80. The topological polar surface area (TPSA) is 78.9 Å². The zero-order valence-corrected chi connectivity index (χ0v) is 12.5. The Morgan fingerprint density at radius 1 is 1.30 bits per heavy atom. The van der Waals surface area contributed by atoms with Crippen molar-refractivity contribution in [1.82, 2.24) is 4.90 Å². The van der Waals surface area contributed by atoms with Gasteiger partial charge in [0, 0.05) is 12.6 Å². The highest BCUT2D eigenvalue weighted by molar-refractivity contribution is 6.07. The summed E-state index contributed by atoms with van der Waals surface area (Å²) in [5.74, 6) is 0.207. The van der Waals surface area contributed by atoms with Crippen molar-refractivity contribution in [2.24, 2.45) is 16.3 Å². The van der Waals surface area contributed by atoms with E-state index in [9.17, 15) is 4.79 Å². The van der Waals surface area contributed by atoms with Crippen molar-refractivity contribution in [2.75, 3.05) is 6.54 Å². The van der Waals surface area contributed by atoms with E-state index in [0.29, 0.717) is 18.9 Å². The number of nitrogens with two attached hydrogens (primary N) is 1. The first kappa shape index (κ1) is 15.1. The largest absolute Gasteiger partial charge is 0.409 e. The SMILES string of the molecule is CCC1CCCCCN1C(=O)C1(C(N)=NO)CCCC1. The molecule has 1 aliphatic heterocycles. The van der Waals surface area contributed by atoms with Gasteiger partial charge in [-0.2, -0.15) is 0 Å². The number of carbonyl (C=O) groups excluding carboxylic acids is 1. The van der Waals surface area contributed by atoms with Crippen LogP contribution in [-0.2, 0) is 4.79 Å². The first-order valence-corrected chi connectivity index (χ1v) is 7.95. The molecule has 1 unspecified atom stereocenters. The van der Waals surface area contributed by atoms with E-state index in [1.165, 1.54) is 12.8 Å². The number of likely N-dealkylation sites (tertiary alicyclic amines) is 1. The maximum absolute atomic E-state index is 13.1. The highest BCUT2D eigenvalue weighted by Crippen LogP contribution is 2.41. The predicted octanol–water partition coefficient (Wildman–Crippen LogP) is 2.47. The first-order chi connectivity index (χ1) is 9.65. The second-order valence-corrected chi connectivity index (χ2v) is 6.18. The number of rotatable bonds is 3. The number of carbonyl (C=O) groups is 1. The molecular weight excluding hydrogens is 254 g/mol. The molecule has 2 rings (SSSR count). The summed E-state index contributed by atoms with van der Waals surface area (Å²) in [5, 5.41) is 12.3. The maximum atomic E-state index is 13.1. The molecular formula is C15H27N3O2. The van der Waals surface area contributed by atoms with Gasteiger partial charge in [0.15, 0.2) is 5.84 Å². The normalized spacial score (nSPS) is 27.4. The van der Waals surface area contributed by atoms with E-state index in [-0.39, 0.29) is 11.7 Å². The average molecular weight is 281 g/mol. The Kier molecular flexibility index (Phi) is 4.89. The van der Waals surface area contributed by atoms with Crippen LogP contribution in [0.3, 0.4) is 0 Å². The van der Waals surface area contributed by atoms with E-state index in [0.717, 1.165) is 38.6 Å². The molecule has 2 aliphatic rings. The highest BCUT2D eigenvalue weighted by Gasteiger charge is 2.48. The maximum Gasteiger partial charge on any atom is 0.236 e. The summed E-state index contributed by atoms with van der Waals surface area (Å²) in [5.41, 5.74) is 5.16. The fourth-order valence-corrected chi connectivity index (χ4v) is 3.80. The van der Waals surface area contributed by atoms with Crippen molar-refractivity contribution in [1.29, 1.82) is 0 Å². The van der Waals surface area contributed by atoms with Crippen LogP contribution in [0.1, 0.15) is 64.7 Å². The van der Waals surface area contributed by atoms with Crippen molar-refractivity contribution in [3.05, 3.63) is 0 Å². The molecule has 1 atom stereocenters. The van der Waals surface area contributed by atoms with Gasteiger partial charge in [-0.05, 0) is 32.1 Å². The molecule has 5 nitrogen and oxygen atoms in total. The van der Waals surface area contributed by atoms with Gasteiger partial charge in [-0.1, -0.05) is 37.8 Å². The number of oxime groups is 1. The molecule has 1 heterocycles. The highest BCUT2D eigenvalue weighted by atomic mass is 16.4. The van der Waals surface area contributed by atoms with Gasteiger partial charge in [-0.3, -0.25) is 4.79 Å². The van der Waals surface area contributed by atoms with Crippen LogP contribution in [0.25, 0.3) is 0 Å². The summed E-state index contributed by atoms with van der Waals surface area (Å²) in [6.07, 6.45) is 8.90. The minimum Gasteiger partial charge on any atom is -0.409 e. The lowest BCUT2D eigenvalue weighted by molar-refractivity contribution is -0.140. The van der Waals surface area contributed by atoms with Crippen molar-refractivity contribution in [3.8, 4) is 0 Å². The standard InChI is InChI=1S/C15H27N3O2/c1-2-12-8-4-3-7-11-18(12)14(19)15(13(16)17-20)9-5-6-10-15/h12,20H,2-11H2,1H3,(H2,16,17). The molecule has 0 aromatic rings. The zero-order chi connectivity index (χ0) is 14.6. The number of amides is 1. The molecule has 0 radical (unpaired) electrons. The van der Waals surface area contributed by atoms with Gasteiger partial charge in [-0.15, -0.1) is 0 Å². The van der Waals surface area contributed by atoms with Gasteiger partial charge < -0.3 is 15.8 Å². The Hall–Kier alpha value is -1.26. The van der Waals surface area contributed by atoms with Crippen LogP contribution in [0.4, 0.5) is 0 Å². The van der Waals surface area contributed by atoms with Crippen LogP contribution in [0, 0.1) is 5.41 Å². The number of hydrogen-bond donors (Lipinski definition) is 2. The summed E-state index contributed by atoms with van der Waals surface area (Å²) in [6, 6.07) is 0.314. The van der Waals surface area contributed by atoms with E-state index >= 15 is 0 Å². The summed E-state index contributed by atoms with van der Waals surface area (Å²) in [7, 11) is 0. The lowest BCUT2D eigenvalue weighted by Crippen LogP contribution is -2.53. The quantitative estimate of drug-likeness (QED) is 0.361. The van der Waals surface area contributed by atoms with Gasteiger partial charge in [0.1, 0.15) is 5.41 Å². The zero-order valence-electron chi connectivity index (χ0n) is 12.5. The lowest BCUT2D eigenvalue weighted by Gasteiger charge is -2.37. The van der Waals surface area contributed by atoms with Gasteiger partial charge in [0.05, 0.1) is 0 Å². The molecule has 1 saturated heterocycles. The molecule has 20 heavy (non-hydrogen) atoms. The molecule has 114 valence electrons. The Morgan fingerprint density at radius 2 is 2.00 bits per heavy atom. The van der Waals surface area contributed by atoms with Crippen molar-refractivity contribution in [3.63, 3.8) is 0 Å². The molecule has 3 N–H and O–H groups in total. The van der Waals surface area contributed by atoms with Gasteiger partial charge >= 0.3 is 0 Å². The van der Waals surface area contributed by atoms with Crippen LogP contribution in [-0.4, -0.2) is 34.4 Å². The fraction of sp³-hybridized carbons (Fsp3) is 0.867. The smallest absolute Gasteiger partial charge is 0.236 e. The Bertz CT molecular complexity index is 375. The van der Waals surface area contributed by atoms with Crippen molar-refractivity contribution in [2.45, 2.75) is 70.8 Å². The van der Waals surface area contributed by atoms with E-state index in [2.05, 4.69) is 12.1 Å². The van der Waals surface area contributed by atoms with Gasteiger partial charge in [0.25, 0.3) is 0 Å². The summed E-state index contributed by atoms with van der Waals surface area (Å²) in [4.78, 5) is 15.1. The van der Waals surface area contributed by atoms with Crippen LogP contribution in [0.15, 0.2) is 5.16 Å². The third-order valence-corrected chi connectivity index (χ3v) is 5.07. The summed E-state index contributed by atoms with van der Waals surface area (Å²) < 4.78 is 0. The van der Waals surface area contributed by atoms with Crippen LogP contribution < -0.4 is 5.73 Å². The minimum atomic E-state index is -0.744. The monoisotopic (exact) mass is 281 g/mol. The molecule has 0 spiro atoms. The third-order valence-electron chi connectivity index (χ3n) is 5.07. The van der Waals surface area contributed by atoms with Crippen LogP contribution in [0.2, 0.25) is 0 Å². The Morgan fingerprint density at radius 3 is 2.60 bits per heavy atom. The number of hydrogen-bond acceptors (Lipinski definition) is 3. The van der Waals surface area contributed by atoms with Gasteiger partial charge in [-0.25, -0.2) is 0 Å². The first-order valence-electron chi connectivity index (χ1n) is 7.95.